The van der Waals surface area contributed by atoms with E-state index < -0.39 is 0 Å². The number of hydrogen-bond acceptors (Lipinski definition) is 2. The molecule has 0 spiro atoms. The molecule has 0 aromatic rings. The summed E-state index contributed by atoms with van der Waals surface area (Å²) in [5.74, 6) is 0.559. The topological polar surface area (TPSA) is 29.5 Å². The molecule has 0 bridgehead atoms. The standard InChI is InChI=1S/C7H16O2/c1-6(2)4-9-5-7(3)8/h6-8H,4-5H2,1-3H3/t7-/m1/s1. The monoisotopic (exact) mass is 132 g/mol. The van der Waals surface area contributed by atoms with Crippen LogP contribution in [0.25, 0.3) is 0 Å². The highest BCUT2D eigenvalue weighted by molar-refractivity contribution is 4.43. The zero-order valence-electron chi connectivity index (χ0n) is 6.42. The minimum atomic E-state index is -0.330. The van der Waals surface area contributed by atoms with E-state index >= 15 is 0 Å². The average Bonchev–Trinajstić information content (AvgIpc) is 1.63. The summed E-state index contributed by atoms with van der Waals surface area (Å²) in [6.45, 7) is 7.09. The van der Waals surface area contributed by atoms with Gasteiger partial charge in [-0.05, 0) is 12.8 Å². The lowest BCUT2D eigenvalue weighted by Crippen LogP contribution is -2.13. The van der Waals surface area contributed by atoms with Gasteiger partial charge in [0, 0.05) is 6.61 Å². The van der Waals surface area contributed by atoms with E-state index in [0.29, 0.717) is 12.5 Å². The zero-order chi connectivity index (χ0) is 7.28. The van der Waals surface area contributed by atoms with Gasteiger partial charge in [0.2, 0.25) is 0 Å². The van der Waals surface area contributed by atoms with Crippen LogP contribution in [0.4, 0.5) is 0 Å². The van der Waals surface area contributed by atoms with Crippen LogP contribution in [0.3, 0.4) is 0 Å². The van der Waals surface area contributed by atoms with E-state index in [1.165, 1.54) is 0 Å². The Morgan fingerprint density at radius 3 is 2.11 bits per heavy atom. The fourth-order valence-electron chi connectivity index (χ4n) is 0.474. The molecule has 2 heteroatoms. The van der Waals surface area contributed by atoms with Crippen LogP contribution >= 0.6 is 0 Å². The van der Waals surface area contributed by atoms with Crippen molar-refractivity contribution in [3.05, 3.63) is 0 Å². The van der Waals surface area contributed by atoms with E-state index in [2.05, 4.69) is 13.8 Å². The SMILES string of the molecule is CC(C)COC[C@@H](C)O. The lowest BCUT2D eigenvalue weighted by Gasteiger charge is -2.07. The number of aliphatic hydroxyl groups excluding tert-OH is 1. The van der Waals surface area contributed by atoms with E-state index in [4.69, 9.17) is 9.84 Å². The minimum Gasteiger partial charge on any atom is -0.391 e. The number of rotatable bonds is 4. The van der Waals surface area contributed by atoms with Crippen LogP contribution in [0.2, 0.25) is 0 Å². The Kier molecular flexibility index (Phi) is 4.72. The Labute approximate surface area is 56.8 Å². The van der Waals surface area contributed by atoms with Gasteiger partial charge in [-0.3, -0.25) is 0 Å². The summed E-state index contributed by atoms with van der Waals surface area (Å²) >= 11 is 0. The molecule has 0 aliphatic heterocycles. The molecule has 0 rings (SSSR count). The summed E-state index contributed by atoms with van der Waals surface area (Å²) < 4.78 is 5.11. The molecule has 0 aliphatic carbocycles. The molecular formula is C7H16O2. The highest BCUT2D eigenvalue weighted by Crippen LogP contribution is 1.92. The van der Waals surface area contributed by atoms with Crippen molar-refractivity contribution < 1.29 is 9.84 Å². The van der Waals surface area contributed by atoms with Crippen molar-refractivity contribution in [3.8, 4) is 0 Å². The van der Waals surface area contributed by atoms with Gasteiger partial charge in [0.15, 0.2) is 0 Å². The molecule has 9 heavy (non-hydrogen) atoms. The summed E-state index contributed by atoms with van der Waals surface area (Å²) in [6, 6.07) is 0. The maximum atomic E-state index is 8.74. The molecule has 0 radical (unpaired) electrons. The van der Waals surface area contributed by atoms with Crippen LogP contribution in [0.1, 0.15) is 20.8 Å². The van der Waals surface area contributed by atoms with Gasteiger partial charge in [-0.15, -0.1) is 0 Å². The molecule has 0 aromatic carbocycles. The highest BCUT2D eigenvalue weighted by atomic mass is 16.5. The van der Waals surface area contributed by atoms with E-state index in [1.807, 2.05) is 0 Å². The van der Waals surface area contributed by atoms with Crippen LogP contribution in [0, 0.1) is 5.92 Å². The molecule has 1 N–H and O–H groups in total. The van der Waals surface area contributed by atoms with Crippen LogP contribution in [-0.4, -0.2) is 24.4 Å². The zero-order valence-corrected chi connectivity index (χ0v) is 6.42. The Balaban J connectivity index is 2.91. The lowest BCUT2D eigenvalue weighted by atomic mass is 10.2. The summed E-state index contributed by atoms with van der Waals surface area (Å²) in [5.41, 5.74) is 0. The summed E-state index contributed by atoms with van der Waals surface area (Å²) in [4.78, 5) is 0. The van der Waals surface area contributed by atoms with Gasteiger partial charge in [-0.1, -0.05) is 13.8 Å². The quantitative estimate of drug-likeness (QED) is 0.619. The van der Waals surface area contributed by atoms with Crippen molar-refractivity contribution in [2.24, 2.45) is 5.92 Å². The van der Waals surface area contributed by atoms with E-state index in [0.717, 1.165) is 6.61 Å². The molecule has 0 aromatic heterocycles. The van der Waals surface area contributed by atoms with Gasteiger partial charge in [0.25, 0.3) is 0 Å². The first kappa shape index (κ1) is 8.92. The Morgan fingerprint density at radius 2 is 1.78 bits per heavy atom. The van der Waals surface area contributed by atoms with Crippen LogP contribution in [0.5, 0.6) is 0 Å². The molecule has 1 atom stereocenters. The van der Waals surface area contributed by atoms with Gasteiger partial charge in [-0.2, -0.15) is 0 Å². The third kappa shape index (κ3) is 7.92. The third-order valence-electron chi connectivity index (χ3n) is 0.810. The van der Waals surface area contributed by atoms with Crippen molar-refractivity contribution in [3.63, 3.8) is 0 Å². The van der Waals surface area contributed by atoms with Crippen molar-refractivity contribution in [2.45, 2.75) is 26.9 Å². The normalized spacial score (nSPS) is 14.3. The predicted molar refractivity (Wildman–Crippen MR) is 37.3 cm³/mol. The summed E-state index contributed by atoms with van der Waals surface area (Å²) in [7, 11) is 0. The fraction of sp³-hybridized carbons (Fsp3) is 1.00. The number of aliphatic hydroxyl groups is 1. The van der Waals surface area contributed by atoms with Gasteiger partial charge >= 0.3 is 0 Å². The molecule has 0 saturated carbocycles. The van der Waals surface area contributed by atoms with Crippen LogP contribution in [0.15, 0.2) is 0 Å². The maximum absolute atomic E-state index is 8.74. The molecule has 0 saturated heterocycles. The summed E-state index contributed by atoms with van der Waals surface area (Å²) in [6.07, 6.45) is -0.330. The molecule has 56 valence electrons. The highest BCUT2D eigenvalue weighted by Gasteiger charge is 1.96. The molecule has 2 nitrogen and oxygen atoms in total. The minimum absolute atomic E-state index is 0.330. The van der Waals surface area contributed by atoms with Crippen molar-refractivity contribution in [1.29, 1.82) is 0 Å². The Morgan fingerprint density at radius 1 is 1.22 bits per heavy atom. The molecular weight excluding hydrogens is 116 g/mol. The molecule has 0 amide bonds. The first-order valence-electron chi connectivity index (χ1n) is 3.38. The van der Waals surface area contributed by atoms with Gasteiger partial charge in [-0.25, -0.2) is 0 Å². The summed E-state index contributed by atoms with van der Waals surface area (Å²) in [5, 5.41) is 8.74. The molecule has 0 heterocycles. The average molecular weight is 132 g/mol. The van der Waals surface area contributed by atoms with Crippen LogP contribution in [-0.2, 0) is 4.74 Å². The molecule has 0 aliphatic rings. The number of ether oxygens (including phenoxy) is 1. The van der Waals surface area contributed by atoms with E-state index in [9.17, 15) is 0 Å². The maximum Gasteiger partial charge on any atom is 0.0745 e. The lowest BCUT2D eigenvalue weighted by molar-refractivity contribution is 0.0344. The second kappa shape index (κ2) is 4.77. The largest absolute Gasteiger partial charge is 0.391 e. The molecule has 0 fully saturated rings. The molecule has 0 unspecified atom stereocenters. The van der Waals surface area contributed by atoms with E-state index in [1.54, 1.807) is 6.92 Å². The smallest absolute Gasteiger partial charge is 0.0745 e. The van der Waals surface area contributed by atoms with Gasteiger partial charge in [0.1, 0.15) is 0 Å². The van der Waals surface area contributed by atoms with Crippen LogP contribution < -0.4 is 0 Å². The predicted octanol–water partition coefficient (Wildman–Crippen LogP) is 1.04. The number of hydrogen-bond donors (Lipinski definition) is 1. The van der Waals surface area contributed by atoms with Gasteiger partial charge in [0.05, 0.1) is 12.7 Å². The van der Waals surface area contributed by atoms with Crippen molar-refractivity contribution in [1.82, 2.24) is 0 Å². The van der Waals surface area contributed by atoms with Crippen molar-refractivity contribution in [2.75, 3.05) is 13.2 Å². The fourth-order valence-corrected chi connectivity index (χ4v) is 0.474. The Bertz CT molecular complexity index is 51.9. The Hall–Kier alpha value is -0.0800. The first-order valence-corrected chi connectivity index (χ1v) is 3.38. The first-order chi connectivity index (χ1) is 4.13. The van der Waals surface area contributed by atoms with Gasteiger partial charge < -0.3 is 9.84 Å². The second-order valence-corrected chi connectivity index (χ2v) is 2.78. The second-order valence-electron chi connectivity index (χ2n) is 2.78. The third-order valence-corrected chi connectivity index (χ3v) is 0.810. The van der Waals surface area contributed by atoms with E-state index in [-0.39, 0.29) is 6.10 Å². The van der Waals surface area contributed by atoms with Crippen molar-refractivity contribution >= 4 is 0 Å².